The third-order valence-corrected chi connectivity index (χ3v) is 13.1. The molecule has 0 heterocycles. The molecule has 0 unspecified atom stereocenters. The van der Waals surface area contributed by atoms with Crippen LogP contribution in [0.15, 0.2) is 34.1 Å². The van der Waals surface area contributed by atoms with Gasteiger partial charge in [0.1, 0.15) is 9.79 Å². The fourth-order valence-corrected chi connectivity index (χ4v) is 8.88. The van der Waals surface area contributed by atoms with Gasteiger partial charge in [-0.2, -0.15) is 84.2 Å². The van der Waals surface area contributed by atoms with E-state index >= 15 is 0 Å². The number of halogens is 10. The monoisotopic (exact) mass is 976 g/mol. The minimum atomic E-state index is -5.24. The first-order valence-corrected chi connectivity index (χ1v) is 25.1. The van der Waals surface area contributed by atoms with Gasteiger partial charge in [-0.05, 0) is 12.1 Å². The SMILES string of the molecule is O=S(=O)(F)CCS(=O)(=O)F.O=S(=O)(F)CS(=O)(=O)F.O=S(=O)(F)CS(=O)(=O)F.O=S(=O)(F)CS(=O)(=O)F.O=S(=O)(F)c1ccccc1S(=O)(=O)F. The molecule has 0 bridgehead atoms. The van der Waals surface area contributed by atoms with E-state index in [0.717, 1.165) is 12.1 Å². The van der Waals surface area contributed by atoms with E-state index in [9.17, 15) is 123 Å². The van der Waals surface area contributed by atoms with Gasteiger partial charge < -0.3 is 0 Å². The Labute approximate surface area is 284 Å². The average Bonchev–Trinajstić information content (AvgIpc) is 2.70. The van der Waals surface area contributed by atoms with Gasteiger partial charge in [0.2, 0.25) is 15.3 Å². The first-order valence-electron chi connectivity index (χ1n) is 9.92. The maximum absolute atomic E-state index is 12.5. The van der Waals surface area contributed by atoms with E-state index in [1.54, 1.807) is 0 Å². The summed E-state index contributed by atoms with van der Waals surface area (Å²) < 4.78 is 308. The highest BCUT2D eigenvalue weighted by atomic mass is 32.3. The number of hydrogen-bond donors (Lipinski definition) is 0. The molecule has 1 aromatic rings. The lowest BCUT2D eigenvalue weighted by Gasteiger charge is -1.99. The highest BCUT2D eigenvalue weighted by Crippen LogP contribution is 2.23. The van der Waals surface area contributed by atoms with Gasteiger partial charge in [0.15, 0.2) is 0 Å². The van der Waals surface area contributed by atoms with Gasteiger partial charge >= 0.3 is 102 Å². The molecular weight excluding hydrogens is 963 g/mol. The highest BCUT2D eigenvalue weighted by Gasteiger charge is 2.25. The van der Waals surface area contributed by atoms with Crippen LogP contribution in [-0.2, 0) is 102 Å². The lowest BCUT2D eigenvalue weighted by atomic mass is 10.4. The zero-order chi connectivity index (χ0) is 42.5. The molecule has 0 amide bonds. The van der Waals surface area contributed by atoms with E-state index in [4.69, 9.17) is 0 Å². The third kappa shape index (κ3) is 48.0. The Morgan fingerprint density at radius 2 is 0.451 bits per heavy atom. The van der Waals surface area contributed by atoms with Gasteiger partial charge in [-0.3, -0.25) is 0 Å². The van der Waals surface area contributed by atoms with Crippen molar-refractivity contribution < 1.29 is 123 Å². The van der Waals surface area contributed by atoms with Crippen LogP contribution in [0.3, 0.4) is 0 Å². The van der Waals surface area contributed by atoms with E-state index in [1.807, 2.05) is 0 Å². The van der Waals surface area contributed by atoms with Crippen molar-refractivity contribution in [3.63, 3.8) is 0 Å². The zero-order valence-electron chi connectivity index (χ0n) is 22.9. The van der Waals surface area contributed by atoms with Crippen molar-refractivity contribution >= 4 is 102 Å². The van der Waals surface area contributed by atoms with Crippen LogP contribution in [0, 0.1) is 0 Å². The molecular formula is C11H14F10O20S10. The largest absolute Gasteiger partial charge is 0.333 e. The predicted molar refractivity (Wildman–Crippen MR) is 148 cm³/mol. The summed E-state index contributed by atoms with van der Waals surface area (Å²) in [4.78, 5) is -2.38. The molecule has 0 N–H and O–H groups in total. The minimum absolute atomic E-state index is 0.668. The van der Waals surface area contributed by atoms with E-state index in [-0.39, 0.29) is 0 Å². The summed E-state index contributed by atoms with van der Waals surface area (Å²) in [5, 5.41) is -6.29. The molecule has 0 aliphatic rings. The second-order valence-electron chi connectivity index (χ2n) is 7.39. The molecule has 0 saturated heterocycles. The second-order valence-corrected chi connectivity index (χ2v) is 22.3. The van der Waals surface area contributed by atoms with Gasteiger partial charge in [-0.15, -0.1) is 38.9 Å². The fraction of sp³-hybridized carbons (Fsp3) is 0.455. The summed E-state index contributed by atoms with van der Waals surface area (Å²) in [5.41, 5.74) is 0. The Hall–Kier alpha value is -1.98. The van der Waals surface area contributed by atoms with Crippen LogP contribution in [0.25, 0.3) is 0 Å². The highest BCUT2D eigenvalue weighted by molar-refractivity contribution is 8.04. The molecule has 0 aromatic heterocycles. The molecule has 40 heteroatoms. The zero-order valence-corrected chi connectivity index (χ0v) is 31.0. The summed E-state index contributed by atoms with van der Waals surface area (Å²) in [6.45, 7) is 0. The first kappa shape index (κ1) is 55.8. The third-order valence-electron chi connectivity index (χ3n) is 2.79. The van der Waals surface area contributed by atoms with Gasteiger partial charge in [0.05, 0.1) is 11.5 Å². The number of benzene rings is 1. The molecule has 0 fully saturated rings. The topological polar surface area (TPSA) is 341 Å². The molecule has 20 nitrogen and oxygen atoms in total. The van der Waals surface area contributed by atoms with Gasteiger partial charge in [0, 0.05) is 0 Å². The Kier molecular flexibility index (Phi) is 21.8. The Bertz CT molecular complexity index is 2140. The van der Waals surface area contributed by atoms with E-state index in [0.29, 0.717) is 12.1 Å². The molecule has 51 heavy (non-hydrogen) atoms. The summed E-state index contributed by atoms with van der Waals surface area (Å²) in [6, 6.07) is 3.51. The Morgan fingerprint density at radius 1 is 0.294 bits per heavy atom. The van der Waals surface area contributed by atoms with Crippen molar-refractivity contribution in [3.8, 4) is 0 Å². The van der Waals surface area contributed by atoms with E-state index in [2.05, 4.69) is 0 Å². The molecule has 0 radical (unpaired) electrons. The fourth-order valence-electron chi connectivity index (χ4n) is 1.56. The van der Waals surface area contributed by atoms with Crippen molar-refractivity contribution in [3.05, 3.63) is 24.3 Å². The molecule has 0 aliphatic heterocycles. The van der Waals surface area contributed by atoms with Crippen molar-refractivity contribution in [1.82, 2.24) is 0 Å². The maximum atomic E-state index is 12.5. The lowest BCUT2D eigenvalue weighted by Crippen LogP contribution is -2.09. The molecule has 0 saturated carbocycles. The summed E-state index contributed by atoms with van der Waals surface area (Å²) in [7, 11) is -51.7. The van der Waals surface area contributed by atoms with Crippen LogP contribution in [0.5, 0.6) is 0 Å². The summed E-state index contributed by atoms with van der Waals surface area (Å²) in [5.74, 6) is -2.66. The van der Waals surface area contributed by atoms with Crippen LogP contribution >= 0.6 is 0 Å². The first-order chi connectivity index (χ1) is 21.6. The minimum Gasteiger partial charge on any atom is -0.195 e. The Balaban J connectivity index is -0.000000275. The summed E-state index contributed by atoms with van der Waals surface area (Å²) >= 11 is 0. The Morgan fingerprint density at radius 3 is 0.529 bits per heavy atom. The quantitative estimate of drug-likeness (QED) is 0.194. The second kappa shape index (κ2) is 19.9. The number of hydrogen-bond acceptors (Lipinski definition) is 20. The maximum Gasteiger partial charge on any atom is 0.333 e. The average molecular weight is 977 g/mol. The van der Waals surface area contributed by atoms with Gasteiger partial charge in [-0.25, -0.2) is 0 Å². The molecule has 1 aromatic carbocycles. The standard InChI is InChI=1S/C6H4F2O4S2.C2H4F2O4S2.3CH2F2O4S2/c7-13(9,10)5-3-1-2-4-6(5)14(8,11)12;3-9(5,6)1-2-10(4,7)8;3*2-8(4,5)1-9(3,6)7/h1-4H;1-2H2;3*1H2. The normalized spacial score (nSPS) is 13.3. The molecule has 308 valence electrons. The van der Waals surface area contributed by atoms with Crippen LogP contribution in [-0.4, -0.2) is 111 Å². The van der Waals surface area contributed by atoms with E-state index < -0.39 is 139 Å². The van der Waals surface area contributed by atoms with Crippen LogP contribution in [0.1, 0.15) is 0 Å². The van der Waals surface area contributed by atoms with Crippen molar-refractivity contribution in [2.24, 2.45) is 0 Å². The molecule has 0 aliphatic carbocycles. The molecule has 1 rings (SSSR count). The van der Waals surface area contributed by atoms with E-state index in [1.165, 1.54) is 0 Å². The van der Waals surface area contributed by atoms with Crippen molar-refractivity contribution in [2.75, 3.05) is 26.8 Å². The van der Waals surface area contributed by atoms with Gasteiger partial charge in [-0.1, -0.05) is 12.1 Å². The van der Waals surface area contributed by atoms with Gasteiger partial charge in [0.25, 0.3) is 0 Å². The molecule has 0 atom stereocenters. The number of rotatable bonds is 11. The summed E-state index contributed by atoms with van der Waals surface area (Å²) in [6.07, 6.45) is 0. The predicted octanol–water partition coefficient (Wildman–Crippen LogP) is -0.784. The van der Waals surface area contributed by atoms with Crippen LogP contribution in [0.4, 0.5) is 38.9 Å². The van der Waals surface area contributed by atoms with Crippen LogP contribution < -0.4 is 0 Å². The van der Waals surface area contributed by atoms with Crippen LogP contribution in [0.2, 0.25) is 0 Å². The smallest absolute Gasteiger partial charge is 0.195 e. The van der Waals surface area contributed by atoms with Crippen molar-refractivity contribution in [2.45, 2.75) is 9.79 Å². The van der Waals surface area contributed by atoms with Crippen molar-refractivity contribution in [1.29, 1.82) is 0 Å². The molecule has 0 spiro atoms. The lowest BCUT2D eigenvalue weighted by molar-refractivity contribution is 0.535.